The fourth-order valence-corrected chi connectivity index (χ4v) is 3.08. The molecule has 0 aliphatic carbocycles. The molecule has 2 rings (SSSR count). The summed E-state index contributed by atoms with van der Waals surface area (Å²) in [5, 5.41) is 0. The number of hydrogen-bond donors (Lipinski definition) is 0. The molecule has 0 spiro atoms. The van der Waals surface area contributed by atoms with Crippen molar-refractivity contribution in [2.75, 3.05) is 26.4 Å². The summed E-state index contributed by atoms with van der Waals surface area (Å²) < 4.78 is 36.9. The zero-order valence-corrected chi connectivity index (χ0v) is 13.6. The third-order valence-corrected chi connectivity index (χ3v) is 5.35. The minimum atomic E-state index is -3.27. The molecule has 7 heteroatoms. The molecule has 122 valence electrons. The smallest absolute Gasteiger partial charge is 0.224 e. The standard InChI is InChI=1S/C15H21FN2O3S/c1-17(22(2,20)21)11-9-15(19)18-10-3-4-14(18)12-5-7-13(16)8-6-12/h5-8,14H,3-4,9-11H2,1-2H3. The van der Waals surface area contributed by atoms with Crippen molar-refractivity contribution < 1.29 is 17.6 Å². The van der Waals surface area contributed by atoms with Crippen LogP contribution in [-0.4, -0.2) is 49.9 Å². The van der Waals surface area contributed by atoms with Gasteiger partial charge in [-0.2, -0.15) is 0 Å². The van der Waals surface area contributed by atoms with Crippen molar-refractivity contribution >= 4 is 15.9 Å². The summed E-state index contributed by atoms with van der Waals surface area (Å²) in [6.07, 6.45) is 3.02. The Bertz CT molecular complexity index is 631. The summed E-state index contributed by atoms with van der Waals surface area (Å²) in [6.45, 7) is 0.827. The second-order valence-electron chi connectivity index (χ2n) is 5.63. The zero-order chi connectivity index (χ0) is 16.3. The molecule has 0 radical (unpaired) electrons. The summed E-state index contributed by atoms with van der Waals surface area (Å²) in [7, 11) is -1.81. The van der Waals surface area contributed by atoms with E-state index in [4.69, 9.17) is 0 Å². The number of carbonyl (C=O) groups is 1. The number of rotatable bonds is 5. The summed E-state index contributed by atoms with van der Waals surface area (Å²) in [5.41, 5.74) is 0.920. The highest BCUT2D eigenvalue weighted by Gasteiger charge is 2.30. The minimum absolute atomic E-state index is 0.0448. The van der Waals surface area contributed by atoms with E-state index in [2.05, 4.69) is 0 Å². The van der Waals surface area contributed by atoms with Crippen LogP contribution in [0.25, 0.3) is 0 Å². The summed E-state index contributed by atoms with van der Waals surface area (Å²) >= 11 is 0. The van der Waals surface area contributed by atoms with Crippen LogP contribution in [0.4, 0.5) is 4.39 Å². The number of likely N-dealkylation sites (tertiary alicyclic amines) is 1. The Morgan fingerprint density at radius 3 is 2.59 bits per heavy atom. The molecule has 1 aromatic carbocycles. The van der Waals surface area contributed by atoms with Gasteiger partial charge in [-0.25, -0.2) is 17.1 Å². The van der Waals surface area contributed by atoms with Gasteiger partial charge in [0.15, 0.2) is 0 Å². The lowest BCUT2D eigenvalue weighted by Crippen LogP contribution is -2.34. The third-order valence-electron chi connectivity index (χ3n) is 4.03. The molecule has 1 atom stereocenters. The molecule has 1 heterocycles. The molecular formula is C15H21FN2O3S. The van der Waals surface area contributed by atoms with Gasteiger partial charge in [0.1, 0.15) is 5.82 Å². The Morgan fingerprint density at radius 1 is 1.36 bits per heavy atom. The number of hydrogen-bond acceptors (Lipinski definition) is 3. The molecule has 0 saturated carbocycles. The minimum Gasteiger partial charge on any atom is -0.336 e. The number of amides is 1. The maximum Gasteiger partial charge on any atom is 0.224 e. The molecule has 1 aromatic rings. The van der Waals surface area contributed by atoms with Crippen LogP contribution >= 0.6 is 0 Å². The van der Waals surface area contributed by atoms with Gasteiger partial charge in [0.2, 0.25) is 15.9 Å². The number of nitrogens with zero attached hydrogens (tertiary/aromatic N) is 2. The highest BCUT2D eigenvalue weighted by molar-refractivity contribution is 7.88. The molecule has 1 amide bonds. The molecule has 1 unspecified atom stereocenters. The predicted octanol–water partition coefficient (Wildman–Crippen LogP) is 1.77. The lowest BCUT2D eigenvalue weighted by Gasteiger charge is -2.26. The first-order valence-corrected chi connectivity index (χ1v) is 9.10. The van der Waals surface area contributed by atoms with Crippen molar-refractivity contribution in [2.45, 2.75) is 25.3 Å². The van der Waals surface area contributed by atoms with E-state index >= 15 is 0 Å². The van der Waals surface area contributed by atoms with Crippen LogP contribution < -0.4 is 0 Å². The molecule has 22 heavy (non-hydrogen) atoms. The largest absolute Gasteiger partial charge is 0.336 e. The van der Waals surface area contributed by atoms with Crippen LogP contribution in [0.1, 0.15) is 30.9 Å². The molecule has 1 fully saturated rings. The van der Waals surface area contributed by atoms with Crippen molar-refractivity contribution in [3.63, 3.8) is 0 Å². The monoisotopic (exact) mass is 328 g/mol. The number of carbonyl (C=O) groups excluding carboxylic acids is 1. The predicted molar refractivity (Wildman–Crippen MR) is 82.2 cm³/mol. The number of benzene rings is 1. The van der Waals surface area contributed by atoms with E-state index in [1.165, 1.54) is 23.5 Å². The van der Waals surface area contributed by atoms with Gasteiger partial charge in [-0.1, -0.05) is 12.1 Å². The fraction of sp³-hybridized carbons (Fsp3) is 0.533. The first kappa shape index (κ1) is 16.9. The second kappa shape index (κ2) is 6.75. The quantitative estimate of drug-likeness (QED) is 0.828. The molecule has 0 N–H and O–H groups in total. The maximum absolute atomic E-state index is 13.0. The Balaban J connectivity index is 2.01. The van der Waals surface area contributed by atoms with Crippen LogP contribution in [0.3, 0.4) is 0 Å². The first-order valence-electron chi connectivity index (χ1n) is 7.25. The second-order valence-corrected chi connectivity index (χ2v) is 7.72. The van der Waals surface area contributed by atoms with Crippen molar-refractivity contribution in [3.05, 3.63) is 35.6 Å². The van der Waals surface area contributed by atoms with Crippen molar-refractivity contribution in [2.24, 2.45) is 0 Å². The SMILES string of the molecule is CN(CCC(=O)N1CCCC1c1ccc(F)cc1)S(C)(=O)=O. The molecular weight excluding hydrogens is 307 g/mol. The van der Waals surface area contributed by atoms with E-state index in [0.717, 1.165) is 24.7 Å². The van der Waals surface area contributed by atoms with Crippen LogP contribution in [-0.2, 0) is 14.8 Å². The van der Waals surface area contributed by atoms with Crippen LogP contribution in [0.5, 0.6) is 0 Å². The summed E-state index contributed by atoms with van der Waals surface area (Å²) in [5.74, 6) is -0.364. The van der Waals surface area contributed by atoms with Crippen LogP contribution in [0.15, 0.2) is 24.3 Å². The van der Waals surface area contributed by atoms with E-state index in [9.17, 15) is 17.6 Å². The Kier molecular flexibility index (Phi) is 5.18. The molecule has 1 aliphatic rings. The van der Waals surface area contributed by atoms with Gasteiger partial charge in [0.05, 0.1) is 12.3 Å². The van der Waals surface area contributed by atoms with Crippen molar-refractivity contribution in [1.29, 1.82) is 0 Å². The van der Waals surface area contributed by atoms with Gasteiger partial charge in [0.25, 0.3) is 0 Å². The van der Waals surface area contributed by atoms with Gasteiger partial charge >= 0.3 is 0 Å². The van der Waals surface area contributed by atoms with E-state index in [-0.39, 0.29) is 30.7 Å². The highest BCUT2D eigenvalue weighted by atomic mass is 32.2. The van der Waals surface area contributed by atoms with Gasteiger partial charge in [-0.3, -0.25) is 4.79 Å². The van der Waals surface area contributed by atoms with Crippen LogP contribution in [0.2, 0.25) is 0 Å². The summed E-state index contributed by atoms with van der Waals surface area (Å²) in [6, 6.07) is 6.15. The number of sulfonamides is 1. The maximum atomic E-state index is 13.0. The van der Waals surface area contributed by atoms with E-state index < -0.39 is 10.0 Å². The lowest BCUT2D eigenvalue weighted by atomic mass is 10.0. The molecule has 5 nitrogen and oxygen atoms in total. The first-order chi connectivity index (χ1) is 10.3. The third kappa shape index (κ3) is 4.04. The molecule has 0 bridgehead atoms. The topological polar surface area (TPSA) is 57.7 Å². The Labute approximate surface area is 130 Å². The van der Waals surface area contributed by atoms with Crippen LogP contribution in [0, 0.1) is 5.82 Å². The van der Waals surface area contributed by atoms with E-state index in [0.29, 0.717) is 6.54 Å². The Morgan fingerprint density at radius 2 is 2.00 bits per heavy atom. The van der Waals surface area contributed by atoms with Crippen molar-refractivity contribution in [3.8, 4) is 0 Å². The lowest BCUT2D eigenvalue weighted by molar-refractivity contribution is -0.132. The van der Waals surface area contributed by atoms with E-state index in [1.807, 2.05) is 0 Å². The highest BCUT2D eigenvalue weighted by Crippen LogP contribution is 2.32. The number of halogens is 1. The van der Waals surface area contributed by atoms with Gasteiger partial charge in [-0.05, 0) is 30.5 Å². The van der Waals surface area contributed by atoms with Gasteiger partial charge < -0.3 is 4.90 Å². The average molecular weight is 328 g/mol. The zero-order valence-electron chi connectivity index (χ0n) is 12.8. The fourth-order valence-electron chi connectivity index (χ4n) is 2.66. The van der Waals surface area contributed by atoms with E-state index in [1.54, 1.807) is 17.0 Å². The van der Waals surface area contributed by atoms with Crippen molar-refractivity contribution in [1.82, 2.24) is 9.21 Å². The Hall–Kier alpha value is -1.47. The molecule has 1 aliphatic heterocycles. The van der Waals surface area contributed by atoms with Gasteiger partial charge in [-0.15, -0.1) is 0 Å². The molecule has 1 saturated heterocycles. The normalized spacial score (nSPS) is 18.9. The average Bonchev–Trinajstić information content (AvgIpc) is 2.93. The summed E-state index contributed by atoms with van der Waals surface area (Å²) in [4.78, 5) is 14.1. The molecule has 0 aromatic heterocycles. The van der Waals surface area contributed by atoms with Gasteiger partial charge in [0, 0.05) is 26.6 Å².